The van der Waals surface area contributed by atoms with Gasteiger partial charge in [-0.15, -0.1) is 0 Å². The predicted molar refractivity (Wildman–Crippen MR) is 115 cm³/mol. The Morgan fingerprint density at radius 2 is 2.14 bits per heavy atom. The van der Waals surface area contributed by atoms with Crippen LogP contribution in [0.15, 0.2) is 18.3 Å². The van der Waals surface area contributed by atoms with E-state index in [0.29, 0.717) is 12.0 Å². The number of hydrogen-bond donors (Lipinski definition) is 1. The Bertz CT molecular complexity index is 659. The van der Waals surface area contributed by atoms with Crippen molar-refractivity contribution < 1.29 is 14.3 Å². The molecule has 1 unspecified atom stereocenters. The number of pyridine rings is 1. The van der Waals surface area contributed by atoms with E-state index in [0.717, 1.165) is 51.4 Å². The minimum absolute atomic E-state index is 0.200. The summed E-state index contributed by atoms with van der Waals surface area (Å²) in [4.78, 5) is 18.4. The molecule has 0 aliphatic carbocycles. The summed E-state index contributed by atoms with van der Waals surface area (Å²) in [5.41, 5.74) is 0.910. The Morgan fingerprint density at radius 3 is 2.97 bits per heavy atom. The molecule has 1 aromatic heterocycles. The van der Waals surface area contributed by atoms with E-state index in [9.17, 15) is 4.79 Å². The standard InChI is InChI=1S/C23H37N3O3/c1-23(2,3)29-22(27)26-14-12-18(16-26)17-28-15-6-4-5-9-20-11-10-19-8-7-13-24-21(19)25-20/h7-8,13,18,20H,4-6,9-12,14-17H2,1-3H3,(H,24,25)/t18?,20-/m1/s1. The van der Waals surface area contributed by atoms with Crippen molar-refractivity contribution in [3.05, 3.63) is 23.9 Å². The van der Waals surface area contributed by atoms with Gasteiger partial charge >= 0.3 is 6.09 Å². The van der Waals surface area contributed by atoms with E-state index in [2.05, 4.69) is 16.4 Å². The number of nitrogens with one attached hydrogen (secondary N) is 1. The summed E-state index contributed by atoms with van der Waals surface area (Å²) in [6, 6.07) is 4.73. The van der Waals surface area contributed by atoms with Crippen molar-refractivity contribution in [1.82, 2.24) is 9.88 Å². The fraction of sp³-hybridized carbons (Fsp3) is 0.739. The van der Waals surface area contributed by atoms with Crippen molar-refractivity contribution in [2.45, 2.75) is 77.4 Å². The molecule has 3 rings (SSSR count). The van der Waals surface area contributed by atoms with E-state index in [1.165, 1.54) is 31.2 Å². The van der Waals surface area contributed by atoms with E-state index >= 15 is 0 Å². The van der Waals surface area contributed by atoms with Crippen LogP contribution in [0.25, 0.3) is 0 Å². The third-order valence-corrected chi connectivity index (χ3v) is 5.63. The zero-order valence-corrected chi connectivity index (χ0v) is 18.3. The van der Waals surface area contributed by atoms with Gasteiger partial charge in [-0.25, -0.2) is 9.78 Å². The lowest BCUT2D eigenvalue weighted by atomic mass is 9.97. The molecule has 6 heteroatoms. The molecule has 1 amide bonds. The van der Waals surface area contributed by atoms with Gasteiger partial charge in [0.2, 0.25) is 0 Å². The van der Waals surface area contributed by atoms with Crippen LogP contribution < -0.4 is 5.32 Å². The summed E-state index contributed by atoms with van der Waals surface area (Å²) in [6.45, 7) is 8.79. The number of aromatic nitrogens is 1. The topological polar surface area (TPSA) is 63.7 Å². The lowest BCUT2D eigenvalue weighted by Gasteiger charge is -2.26. The van der Waals surface area contributed by atoms with Gasteiger partial charge in [0.1, 0.15) is 11.4 Å². The van der Waals surface area contributed by atoms with Gasteiger partial charge < -0.3 is 19.7 Å². The van der Waals surface area contributed by atoms with Gasteiger partial charge in [0, 0.05) is 37.9 Å². The molecule has 0 spiro atoms. The average Bonchev–Trinajstić information content (AvgIpc) is 3.15. The van der Waals surface area contributed by atoms with Crippen LogP contribution in [-0.2, 0) is 15.9 Å². The maximum Gasteiger partial charge on any atom is 0.410 e. The van der Waals surface area contributed by atoms with Crippen molar-refractivity contribution in [2.24, 2.45) is 5.92 Å². The second-order valence-electron chi connectivity index (χ2n) is 9.40. The van der Waals surface area contributed by atoms with Crippen molar-refractivity contribution in [1.29, 1.82) is 0 Å². The molecule has 3 heterocycles. The Hall–Kier alpha value is -1.82. The largest absolute Gasteiger partial charge is 0.444 e. The van der Waals surface area contributed by atoms with E-state index < -0.39 is 5.60 Å². The lowest BCUT2D eigenvalue weighted by molar-refractivity contribution is 0.0274. The number of hydrogen-bond acceptors (Lipinski definition) is 5. The summed E-state index contributed by atoms with van der Waals surface area (Å²) in [6.07, 6.45) is 9.71. The Kier molecular flexibility index (Phi) is 7.76. The monoisotopic (exact) mass is 403 g/mol. The smallest absolute Gasteiger partial charge is 0.410 e. The first kappa shape index (κ1) is 21.9. The number of carbonyl (C=O) groups excluding carboxylic acids is 1. The van der Waals surface area contributed by atoms with Crippen molar-refractivity contribution in [3.63, 3.8) is 0 Å². The zero-order chi connectivity index (χ0) is 20.7. The average molecular weight is 404 g/mol. The van der Waals surface area contributed by atoms with Gasteiger partial charge in [-0.2, -0.15) is 0 Å². The first-order valence-electron chi connectivity index (χ1n) is 11.2. The van der Waals surface area contributed by atoms with Crippen LogP contribution in [0.4, 0.5) is 10.6 Å². The summed E-state index contributed by atoms with van der Waals surface area (Å²) < 4.78 is 11.3. The first-order chi connectivity index (χ1) is 13.9. The van der Waals surface area contributed by atoms with E-state index in [4.69, 9.17) is 9.47 Å². The molecule has 2 atom stereocenters. The maximum atomic E-state index is 12.1. The molecule has 1 N–H and O–H groups in total. The number of ether oxygens (including phenoxy) is 2. The number of nitrogens with zero attached hydrogens (tertiary/aromatic N) is 2. The van der Waals surface area contributed by atoms with Gasteiger partial charge in [0.25, 0.3) is 0 Å². The minimum Gasteiger partial charge on any atom is -0.444 e. The summed E-state index contributed by atoms with van der Waals surface area (Å²) in [5.74, 6) is 1.51. The zero-order valence-electron chi connectivity index (χ0n) is 18.3. The van der Waals surface area contributed by atoms with Gasteiger partial charge in [-0.3, -0.25) is 0 Å². The number of fused-ring (bicyclic) bond motifs is 1. The number of amides is 1. The second-order valence-corrected chi connectivity index (χ2v) is 9.40. The highest BCUT2D eigenvalue weighted by atomic mass is 16.6. The fourth-order valence-corrected chi connectivity index (χ4v) is 4.06. The number of carbonyl (C=O) groups is 1. The molecule has 1 saturated heterocycles. The SMILES string of the molecule is CC(C)(C)OC(=O)N1CCC(COCCCCC[C@@H]2CCc3cccnc3N2)C1. The molecule has 162 valence electrons. The van der Waals surface area contributed by atoms with Crippen molar-refractivity contribution >= 4 is 11.9 Å². The quantitative estimate of drug-likeness (QED) is 0.641. The highest BCUT2D eigenvalue weighted by Gasteiger charge is 2.29. The normalized spacial score (nSPS) is 21.6. The van der Waals surface area contributed by atoms with Crippen LogP contribution in [0.5, 0.6) is 0 Å². The van der Waals surface area contributed by atoms with Gasteiger partial charge in [0.15, 0.2) is 0 Å². The number of rotatable bonds is 8. The van der Waals surface area contributed by atoms with Crippen LogP contribution in [0.3, 0.4) is 0 Å². The number of unbranched alkanes of at least 4 members (excludes halogenated alkanes) is 2. The van der Waals surface area contributed by atoms with E-state index in [1.54, 1.807) is 0 Å². The third-order valence-electron chi connectivity index (χ3n) is 5.63. The van der Waals surface area contributed by atoms with Crippen molar-refractivity contribution in [3.8, 4) is 0 Å². The Morgan fingerprint density at radius 1 is 1.28 bits per heavy atom. The number of aryl methyl sites for hydroxylation is 1. The molecule has 1 fully saturated rings. The molecule has 29 heavy (non-hydrogen) atoms. The van der Waals surface area contributed by atoms with E-state index in [-0.39, 0.29) is 6.09 Å². The Balaban J connectivity index is 1.20. The van der Waals surface area contributed by atoms with Crippen LogP contribution in [0, 0.1) is 5.92 Å². The molecule has 0 bridgehead atoms. The summed E-state index contributed by atoms with van der Waals surface area (Å²) in [7, 11) is 0. The molecule has 0 saturated carbocycles. The molecule has 2 aliphatic rings. The van der Waals surface area contributed by atoms with Crippen molar-refractivity contribution in [2.75, 3.05) is 31.6 Å². The van der Waals surface area contributed by atoms with E-state index in [1.807, 2.05) is 37.9 Å². The van der Waals surface area contributed by atoms with Crippen LogP contribution in [0.2, 0.25) is 0 Å². The molecule has 1 aromatic rings. The van der Waals surface area contributed by atoms with Crippen LogP contribution in [0.1, 0.15) is 64.9 Å². The lowest BCUT2D eigenvalue weighted by Crippen LogP contribution is -2.35. The highest BCUT2D eigenvalue weighted by Crippen LogP contribution is 2.24. The van der Waals surface area contributed by atoms with Gasteiger partial charge in [-0.05, 0) is 64.5 Å². The van der Waals surface area contributed by atoms with Gasteiger partial charge in [0.05, 0.1) is 6.61 Å². The summed E-state index contributed by atoms with van der Waals surface area (Å²) >= 11 is 0. The van der Waals surface area contributed by atoms with Crippen LogP contribution in [-0.4, -0.2) is 53.9 Å². The predicted octanol–water partition coefficient (Wildman–Crippen LogP) is 4.64. The minimum atomic E-state index is -0.432. The maximum absolute atomic E-state index is 12.1. The molecular formula is C23H37N3O3. The number of likely N-dealkylation sites (tertiary alicyclic amines) is 1. The second kappa shape index (κ2) is 10.3. The van der Waals surface area contributed by atoms with Gasteiger partial charge in [-0.1, -0.05) is 18.9 Å². The molecule has 2 aliphatic heterocycles. The molecule has 0 aromatic carbocycles. The number of anilines is 1. The molecular weight excluding hydrogens is 366 g/mol. The highest BCUT2D eigenvalue weighted by molar-refractivity contribution is 5.68. The fourth-order valence-electron chi connectivity index (χ4n) is 4.06. The summed E-state index contributed by atoms with van der Waals surface area (Å²) in [5, 5.41) is 3.58. The Labute approximate surface area is 175 Å². The first-order valence-corrected chi connectivity index (χ1v) is 11.2. The molecule has 6 nitrogen and oxygen atoms in total. The van der Waals surface area contributed by atoms with Crippen LogP contribution >= 0.6 is 0 Å². The third kappa shape index (κ3) is 7.18. The molecule has 0 radical (unpaired) electrons.